The van der Waals surface area contributed by atoms with Crippen molar-refractivity contribution in [2.75, 3.05) is 14.2 Å². The molecule has 0 saturated heterocycles. The lowest BCUT2D eigenvalue weighted by molar-refractivity contribution is 0.402. The molecule has 0 radical (unpaired) electrons. The van der Waals surface area contributed by atoms with Crippen LogP contribution in [-0.4, -0.2) is 14.2 Å². The molecule has 0 amide bonds. The van der Waals surface area contributed by atoms with E-state index in [9.17, 15) is 0 Å². The zero-order valence-electron chi connectivity index (χ0n) is 10.2. The molecule has 0 aromatic heterocycles. The first kappa shape index (κ1) is 13.3. The molecule has 0 atom stereocenters. The van der Waals surface area contributed by atoms with Crippen molar-refractivity contribution in [3.05, 3.63) is 41.5 Å². The standard InChI is InChI=1S/C14H12N2O2/c1-17-13-6-7-14(18-2)12(8-13)5-3-4-11(9-15)10-16/h3-8H,1-2H3/b5-3+. The Kier molecular flexibility index (Phi) is 5.02. The summed E-state index contributed by atoms with van der Waals surface area (Å²) in [4.78, 5) is 0. The van der Waals surface area contributed by atoms with Crippen LogP contribution < -0.4 is 9.47 Å². The molecule has 0 bridgehead atoms. The van der Waals surface area contributed by atoms with Crippen molar-refractivity contribution in [1.82, 2.24) is 0 Å². The molecule has 0 saturated carbocycles. The number of ether oxygens (including phenoxy) is 2. The topological polar surface area (TPSA) is 66.0 Å². The summed E-state index contributed by atoms with van der Waals surface area (Å²) in [5, 5.41) is 17.2. The van der Waals surface area contributed by atoms with Crippen LogP contribution in [0.3, 0.4) is 0 Å². The normalized spacial score (nSPS) is 9.33. The molecular weight excluding hydrogens is 228 g/mol. The van der Waals surface area contributed by atoms with E-state index in [1.807, 2.05) is 6.07 Å². The molecule has 1 aromatic carbocycles. The number of hydrogen-bond acceptors (Lipinski definition) is 4. The van der Waals surface area contributed by atoms with Crippen LogP contribution in [0, 0.1) is 22.7 Å². The molecule has 0 fully saturated rings. The Bertz CT molecular complexity index is 544. The van der Waals surface area contributed by atoms with Crippen molar-refractivity contribution >= 4 is 6.08 Å². The molecule has 90 valence electrons. The Balaban J connectivity index is 3.03. The van der Waals surface area contributed by atoms with Gasteiger partial charge in [-0.15, -0.1) is 0 Å². The maximum Gasteiger partial charge on any atom is 0.129 e. The van der Waals surface area contributed by atoms with Crippen molar-refractivity contribution in [2.24, 2.45) is 0 Å². The summed E-state index contributed by atoms with van der Waals surface area (Å²) >= 11 is 0. The van der Waals surface area contributed by atoms with E-state index in [4.69, 9.17) is 20.0 Å². The zero-order chi connectivity index (χ0) is 13.4. The summed E-state index contributed by atoms with van der Waals surface area (Å²) in [6.45, 7) is 0. The van der Waals surface area contributed by atoms with Crippen LogP contribution in [0.25, 0.3) is 6.08 Å². The fraction of sp³-hybridized carbons (Fsp3) is 0.143. The lowest BCUT2D eigenvalue weighted by Crippen LogP contribution is -1.89. The molecule has 1 aromatic rings. The Labute approximate surface area is 106 Å². The Morgan fingerprint density at radius 3 is 2.44 bits per heavy atom. The molecule has 4 nitrogen and oxygen atoms in total. The van der Waals surface area contributed by atoms with Crippen molar-refractivity contribution in [3.8, 4) is 23.6 Å². The van der Waals surface area contributed by atoms with Crippen LogP contribution in [0.15, 0.2) is 35.9 Å². The van der Waals surface area contributed by atoms with Crippen LogP contribution in [0.1, 0.15) is 5.56 Å². The van der Waals surface area contributed by atoms with Crippen LogP contribution in [0.4, 0.5) is 0 Å². The second-order valence-electron chi connectivity index (χ2n) is 3.27. The van der Waals surface area contributed by atoms with Gasteiger partial charge in [0.25, 0.3) is 0 Å². The quantitative estimate of drug-likeness (QED) is 0.599. The van der Waals surface area contributed by atoms with Gasteiger partial charge in [0.1, 0.15) is 29.2 Å². The van der Waals surface area contributed by atoms with Gasteiger partial charge in [-0.05, 0) is 24.3 Å². The number of benzene rings is 1. The van der Waals surface area contributed by atoms with Gasteiger partial charge in [-0.3, -0.25) is 0 Å². The molecule has 0 unspecified atom stereocenters. The molecule has 1 rings (SSSR count). The van der Waals surface area contributed by atoms with E-state index >= 15 is 0 Å². The van der Waals surface area contributed by atoms with Crippen LogP contribution in [-0.2, 0) is 0 Å². The number of rotatable bonds is 4. The van der Waals surface area contributed by atoms with Gasteiger partial charge < -0.3 is 9.47 Å². The number of methoxy groups -OCH3 is 2. The monoisotopic (exact) mass is 240 g/mol. The maximum absolute atomic E-state index is 8.59. The van der Waals surface area contributed by atoms with E-state index in [2.05, 4.69) is 0 Å². The van der Waals surface area contributed by atoms with Gasteiger partial charge in [0.2, 0.25) is 0 Å². The fourth-order valence-corrected chi connectivity index (χ4v) is 1.32. The van der Waals surface area contributed by atoms with Crippen molar-refractivity contribution in [2.45, 2.75) is 0 Å². The number of nitriles is 2. The second kappa shape index (κ2) is 6.78. The van der Waals surface area contributed by atoms with E-state index in [1.165, 1.54) is 6.08 Å². The molecule has 0 N–H and O–H groups in total. The highest BCUT2D eigenvalue weighted by molar-refractivity contribution is 5.61. The third kappa shape index (κ3) is 3.40. The van der Waals surface area contributed by atoms with E-state index in [0.717, 1.165) is 5.56 Å². The summed E-state index contributed by atoms with van der Waals surface area (Å²) < 4.78 is 10.3. The first-order valence-corrected chi connectivity index (χ1v) is 5.15. The molecular formula is C14H12N2O2. The Morgan fingerprint density at radius 1 is 1.17 bits per heavy atom. The minimum Gasteiger partial charge on any atom is -0.497 e. The lowest BCUT2D eigenvalue weighted by Gasteiger charge is -2.06. The molecule has 4 heteroatoms. The van der Waals surface area contributed by atoms with Gasteiger partial charge >= 0.3 is 0 Å². The first-order chi connectivity index (χ1) is 8.74. The highest BCUT2D eigenvalue weighted by Gasteiger charge is 2.01. The Hall–Kier alpha value is -2.72. The minimum atomic E-state index is 0.0492. The molecule has 0 aliphatic carbocycles. The largest absolute Gasteiger partial charge is 0.497 e. The number of nitrogens with zero attached hydrogens (tertiary/aromatic N) is 2. The first-order valence-electron chi connectivity index (χ1n) is 5.15. The van der Waals surface area contributed by atoms with Crippen molar-refractivity contribution in [1.29, 1.82) is 10.5 Å². The number of allylic oxidation sites excluding steroid dienone is 3. The van der Waals surface area contributed by atoms with Gasteiger partial charge in [0.05, 0.1) is 14.2 Å². The molecule has 0 aliphatic rings. The van der Waals surface area contributed by atoms with E-state index in [-0.39, 0.29) is 5.57 Å². The average Bonchev–Trinajstić information content (AvgIpc) is 2.43. The molecule has 0 heterocycles. The van der Waals surface area contributed by atoms with Crippen LogP contribution >= 0.6 is 0 Å². The van der Waals surface area contributed by atoms with Crippen LogP contribution in [0.5, 0.6) is 11.5 Å². The summed E-state index contributed by atoms with van der Waals surface area (Å²) in [5.41, 5.74) is 0.858. The highest BCUT2D eigenvalue weighted by Crippen LogP contribution is 2.25. The van der Waals surface area contributed by atoms with Crippen molar-refractivity contribution < 1.29 is 9.47 Å². The second-order valence-corrected chi connectivity index (χ2v) is 3.27. The predicted molar refractivity (Wildman–Crippen MR) is 67.9 cm³/mol. The van der Waals surface area contributed by atoms with Crippen molar-refractivity contribution in [3.63, 3.8) is 0 Å². The SMILES string of the molecule is COc1ccc(OC)c(/C=C/C=C(C#N)C#N)c1. The summed E-state index contributed by atoms with van der Waals surface area (Å²) in [5.74, 6) is 1.40. The smallest absolute Gasteiger partial charge is 0.129 e. The average molecular weight is 240 g/mol. The van der Waals surface area contributed by atoms with Crippen LogP contribution in [0.2, 0.25) is 0 Å². The van der Waals surface area contributed by atoms with Gasteiger partial charge in [0.15, 0.2) is 0 Å². The van der Waals surface area contributed by atoms with Gasteiger partial charge in [-0.25, -0.2) is 0 Å². The van der Waals surface area contributed by atoms with Gasteiger partial charge in [-0.1, -0.05) is 12.2 Å². The fourth-order valence-electron chi connectivity index (χ4n) is 1.32. The summed E-state index contributed by atoms with van der Waals surface area (Å²) in [7, 11) is 3.16. The molecule has 18 heavy (non-hydrogen) atoms. The molecule has 0 aliphatic heterocycles. The van der Waals surface area contributed by atoms with Gasteiger partial charge in [0, 0.05) is 5.56 Å². The third-order valence-corrected chi connectivity index (χ3v) is 2.22. The van der Waals surface area contributed by atoms with Gasteiger partial charge in [-0.2, -0.15) is 10.5 Å². The maximum atomic E-state index is 8.59. The zero-order valence-corrected chi connectivity index (χ0v) is 10.2. The minimum absolute atomic E-state index is 0.0492. The van der Waals surface area contributed by atoms with E-state index in [1.54, 1.807) is 50.6 Å². The lowest BCUT2D eigenvalue weighted by atomic mass is 10.1. The van der Waals surface area contributed by atoms with E-state index in [0.29, 0.717) is 11.5 Å². The summed E-state index contributed by atoms with van der Waals surface area (Å²) in [6.07, 6.45) is 4.81. The predicted octanol–water partition coefficient (Wildman–Crippen LogP) is 2.69. The Morgan fingerprint density at radius 2 is 1.89 bits per heavy atom. The highest BCUT2D eigenvalue weighted by atomic mass is 16.5. The van der Waals surface area contributed by atoms with E-state index < -0.39 is 0 Å². The molecule has 0 spiro atoms. The summed E-state index contributed by atoms with van der Waals surface area (Å²) in [6, 6.07) is 8.95. The third-order valence-electron chi connectivity index (χ3n) is 2.22. The number of hydrogen-bond donors (Lipinski definition) is 0.